The second-order valence-electron chi connectivity index (χ2n) is 3.97. The first-order chi connectivity index (χ1) is 8.65. The van der Waals surface area contributed by atoms with E-state index >= 15 is 0 Å². The van der Waals surface area contributed by atoms with Crippen LogP contribution in [0.2, 0.25) is 0 Å². The van der Waals surface area contributed by atoms with Crippen LogP contribution in [0, 0.1) is 18.5 Å². The molecule has 3 aromatic rings. The zero-order valence-electron chi connectivity index (χ0n) is 9.88. The molecule has 0 aromatic carbocycles. The van der Waals surface area contributed by atoms with Crippen molar-refractivity contribution < 1.29 is 0 Å². The number of aromatic amines is 1. The maximum atomic E-state index is 5.21. The van der Waals surface area contributed by atoms with E-state index in [0.717, 1.165) is 16.9 Å². The van der Waals surface area contributed by atoms with Crippen LogP contribution in [0.1, 0.15) is 11.4 Å². The molecular weight excluding hydrogens is 248 g/mol. The van der Waals surface area contributed by atoms with Gasteiger partial charge in [-0.05, 0) is 19.9 Å². The topological polar surface area (TPSA) is 72.3 Å². The maximum Gasteiger partial charge on any atom is 0.236 e. The molecule has 90 valence electrons. The molecule has 0 atom stereocenters. The summed E-state index contributed by atoms with van der Waals surface area (Å²) in [5.74, 6) is 0.558. The standard InChI is InChI=1S/C11H10N6S/c1-6-3-7(2)16-11(15-6)17-5-14-9-8(17)10(18)13-4-12-9/h3-5H,1-2H3,(H,12,13,18). The van der Waals surface area contributed by atoms with Gasteiger partial charge in [0.25, 0.3) is 0 Å². The Morgan fingerprint density at radius 2 is 1.89 bits per heavy atom. The molecule has 1 N–H and O–H groups in total. The number of nitrogens with zero attached hydrogens (tertiary/aromatic N) is 5. The molecular formula is C11H10N6S. The van der Waals surface area contributed by atoms with Crippen LogP contribution in [-0.2, 0) is 0 Å². The molecule has 0 unspecified atom stereocenters. The quantitative estimate of drug-likeness (QED) is 0.675. The van der Waals surface area contributed by atoms with Crippen LogP contribution in [0.5, 0.6) is 0 Å². The minimum absolute atomic E-state index is 0.476. The summed E-state index contributed by atoms with van der Waals surface area (Å²) in [4.78, 5) is 20.0. The first-order valence-electron chi connectivity index (χ1n) is 5.38. The van der Waals surface area contributed by atoms with Crippen LogP contribution in [0.4, 0.5) is 0 Å². The van der Waals surface area contributed by atoms with Gasteiger partial charge in [0.1, 0.15) is 11.8 Å². The fourth-order valence-electron chi connectivity index (χ4n) is 1.84. The highest BCUT2D eigenvalue weighted by molar-refractivity contribution is 7.71. The van der Waals surface area contributed by atoms with Gasteiger partial charge in [-0.25, -0.2) is 19.9 Å². The van der Waals surface area contributed by atoms with Gasteiger partial charge in [0.05, 0.1) is 6.33 Å². The molecule has 0 saturated carbocycles. The van der Waals surface area contributed by atoms with E-state index in [1.54, 1.807) is 10.9 Å². The fourth-order valence-corrected chi connectivity index (χ4v) is 2.09. The molecule has 0 bridgehead atoms. The second kappa shape index (κ2) is 3.95. The first kappa shape index (κ1) is 11.0. The summed E-state index contributed by atoms with van der Waals surface area (Å²) in [5, 5.41) is 0. The van der Waals surface area contributed by atoms with Gasteiger partial charge in [-0.15, -0.1) is 0 Å². The zero-order chi connectivity index (χ0) is 12.7. The first-order valence-corrected chi connectivity index (χ1v) is 5.79. The van der Waals surface area contributed by atoms with Gasteiger partial charge in [-0.2, -0.15) is 0 Å². The molecule has 3 aromatic heterocycles. The van der Waals surface area contributed by atoms with Gasteiger partial charge in [0, 0.05) is 11.4 Å². The normalized spacial score (nSPS) is 11.0. The minimum atomic E-state index is 0.476. The van der Waals surface area contributed by atoms with E-state index in [1.807, 2.05) is 19.9 Å². The van der Waals surface area contributed by atoms with Gasteiger partial charge >= 0.3 is 0 Å². The third kappa shape index (κ3) is 1.68. The van der Waals surface area contributed by atoms with Crippen molar-refractivity contribution in [3.63, 3.8) is 0 Å². The number of imidazole rings is 1. The van der Waals surface area contributed by atoms with Crippen molar-refractivity contribution in [2.45, 2.75) is 13.8 Å². The van der Waals surface area contributed by atoms with Crippen LogP contribution in [0.3, 0.4) is 0 Å². The summed E-state index contributed by atoms with van der Waals surface area (Å²) in [6.07, 6.45) is 3.18. The summed E-state index contributed by atoms with van der Waals surface area (Å²) < 4.78 is 2.23. The molecule has 0 aliphatic carbocycles. The van der Waals surface area contributed by atoms with Crippen molar-refractivity contribution >= 4 is 23.4 Å². The van der Waals surface area contributed by atoms with Crippen molar-refractivity contribution in [3.8, 4) is 5.95 Å². The highest BCUT2D eigenvalue weighted by Crippen LogP contribution is 2.14. The molecule has 0 aliphatic heterocycles. The lowest BCUT2D eigenvalue weighted by atomic mass is 10.3. The van der Waals surface area contributed by atoms with Crippen LogP contribution in [-0.4, -0.2) is 29.5 Å². The van der Waals surface area contributed by atoms with E-state index in [9.17, 15) is 0 Å². The van der Waals surface area contributed by atoms with Crippen molar-refractivity contribution in [3.05, 3.63) is 34.7 Å². The van der Waals surface area contributed by atoms with E-state index in [1.165, 1.54) is 6.33 Å². The number of nitrogens with one attached hydrogen (secondary N) is 1. The molecule has 6 nitrogen and oxygen atoms in total. The molecule has 0 aliphatic rings. The summed E-state index contributed by atoms with van der Waals surface area (Å²) in [5.41, 5.74) is 3.20. The van der Waals surface area contributed by atoms with Crippen molar-refractivity contribution in [1.29, 1.82) is 0 Å². The lowest BCUT2D eigenvalue weighted by Crippen LogP contribution is -2.03. The van der Waals surface area contributed by atoms with E-state index in [4.69, 9.17) is 12.2 Å². The Bertz CT molecular complexity index is 767. The Hall–Kier alpha value is -2.15. The molecule has 0 amide bonds. The number of aryl methyl sites for hydroxylation is 2. The number of rotatable bonds is 1. The highest BCUT2D eigenvalue weighted by atomic mass is 32.1. The van der Waals surface area contributed by atoms with E-state index in [0.29, 0.717) is 16.2 Å². The summed E-state index contributed by atoms with van der Waals surface area (Å²) in [6.45, 7) is 3.85. The SMILES string of the molecule is Cc1cc(C)nc(-n2cnc3[nH]cnc(=S)c32)n1. The Labute approximate surface area is 108 Å². The van der Waals surface area contributed by atoms with Crippen molar-refractivity contribution in [2.75, 3.05) is 0 Å². The monoisotopic (exact) mass is 258 g/mol. The number of hydrogen-bond acceptors (Lipinski definition) is 5. The summed E-state index contributed by atoms with van der Waals surface area (Å²) in [7, 11) is 0. The number of aromatic nitrogens is 6. The molecule has 18 heavy (non-hydrogen) atoms. The van der Waals surface area contributed by atoms with Crippen LogP contribution in [0.15, 0.2) is 18.7 Å². The number of H-pyrrole nitrogens is 1. The number of hydrogen-bond donors (Lipinski definition) is 1. The highest BCUT2D eigenvalue weighted by Gasteiger charge is 2.09. The van der Waals surface area contributed by atoms with E-state index in [2.05, 4.69) is 24.9 Å². The second-order valence-corrected chi connectivity index (χ2v) is 4.36. The molecule has 0 saturated heterocycles. The molecule has 0 radical (unpaired) electrons. The van der Waals surface area contributed by atoms with E-state index in [-0.39, 0.29) is 0 Å². The Kier molecular flexibility index (Phi) is 2.41. The Balaban J connectivity index is 2.35. The molecule has 0 spiro atoms. The average Bonchev–Trinajstić information content (AvgIpc) is 2.73. The van der Waals surface area contributed by atoms with Gasteiger partial charge in [0.15, 0.2) is 10.3 Å². The van der Waals surface area contributed by atoms with Crippen LogP contribution >= 0.6 is 12.2 Å². The molecule has 3 rings (SSSR count). The molecule has 0 fully saturated rings. The van der Waals surface area contributed by atoms with E-state index < -0.39 is 0 Å². The Morgan fingerprint density at radius 3 is 2.61 bits per heavy atom. The molecule has 3 heterocycles. The Morgan fingerprint density at radius 1 is 1.17 bits per heavy atom. The largest absolute Gasteiger partial charge is 0.329 e. The lowest BCUT2D eigenvalue weighted by Gasteiger charge is -2.04. The smallest absolute Gasteiger partial charge is 0.236 e. The summed E-state index contributed by atoms with van der Waals surface area (Å²) >= 11 is 5.21. The average molecular weight is 258 g/mol. The predicted molar refractivity (Wildman–Crippen MR) is 69.1 cm³/mol. The zero-order valence-corrected chi connectivity index (χ0v) is 10.7. The predicted octanol–water partition coefficient (Wildman–Crippen LogP) is 1.88. The van der Waals surface area contributed by atoms with Gasteiger partial charge in [-0.3, -0.25) is 4.57 Å². The number of fused-ring (bicyclic) bond motifs is 1. The molecule has 7 heteroatoms. The van der Waals surface area contributed by atoms with Gasteiger partial charge < -0.3 is 4.98 Å². The van der Waals surface area contributed by atoms with Gasteiger partial charge in [0.2, 0.25) is 5.95 Å². The fraction of sp³-hybridized carbons (Fsp3) is 0.182. The van der Waals surface area contributed by atoms with Gasteiger partial charge in [-0.1, -0.05) is 12.2 Å². The van der Waals surface area contributed by atoms with Crippen LogP contribution in [0.25, 0.3) is 17.1 Å². The van der Waals surface area contributed by atoms with Crippen LogP contribution < -0.4 is 0 Å². The lowest BCUT2D eigenvalue weighted by molar-refractivity contribution is 0.909. The third-order valence-electron chi connectivity index (χ3n) is 2.54. The minimum Gasteiger partial charge on any atom is -0.329 e. The maximum absolute atomic E-state index is 5.21. The third-order valence-corrected chi connectivity index (χ3v) is 2.84. The van der Waals surface area contributed by atoms with Crippen molar-refractivity contribution in [1.82, 2.24) is 29.5 Å². The van der Waals surface area contributed by atoms with Crippen molar-refractivity contribution in [2.24, 2.45) is 0 Å². The summed E-state index contributed by atoms with van der Waals surface area (Å²) in [6, 6.07) is 1.92.